The van der Waals surface area contributed by atoms with E-state index < -0.39 is 0 Å². The fourth-order valence-electron chi connectivity index (χ4n) is 3.58. The van der Waals surface area contributed by atoms with Crippen LogP contribution < -0.4 is 14.8 Å². The standard InChI is InChI=1S/C23H30N2O3/c1-17-11-13-25(14-12-17)16-19-9-7-18(8-10-19)15-24-23(26)20-5-4-6-21(27-2)22(20)28-3/h4-10,17H,11-16H2,1-3H3,(H,24,26). The Bertz CT molecular complexity index is 781. The molecule has 0 aliphatic carbocycles. The zero-order valence-electron chi connectivity index (χ0n) is 17.0. The van der Waals surface area contributed by atoms with Crippen molar-refractivity contribution >= 4 is 5.91 Å². The van der Waals surface area contributed by atoms with E-state index >= 15 is 0 Å². The predicted octanol–water partition coefficient (Wildman–Crippen LogP) is 3.87. The van der Waals surface area contributed by atoms with Crippen LogP contribution in [-0.2, 0) is 13.1 Å². The van der Waals surface area contributed by atoms with Gasteiger partial charge in [-0.3, -0.25) is 9.69 Å². The van der Waals surface area contributed by atoms with Crippen molar-refractivity contribution in [2.45, 2.75) is 32.9 Å². The van der Waals surface area contributed by atoms with Crippen molar-refractivity contribution in [3.63, 3.8) is 0 Å². The van der Waals surface area contributed by atoms with E-state index in [4.69, 9.17) is 9.47 Å². The number of methoxy groups -OCH3 is 2. The summed E-state index contributed by atoms with van der Waals surface area (Å²) in [5, 5.41) is 2.96. The van der Waals surface area contributed by atoms with Crippen molar-refractivity contribution in [3.8, 4) is 11.5 Å². The molecule has 5 heteroatoms. The van der Waals surface area contributed by atoms with E-state index in [-0.39, 0.29) is 5.91 Å². The van der Waals surface area contributed by atoms with Gasteiger partial charge in [-0.05, 0) is 55.1 Å². The second kappa shape index (κ2) is 9.60. The van der Waals surface area contributed by atoms with Gasteiger partial charge in [0.1, 0.15) is 0 Å². The van der Waals surface area contributed by atoms with Crippen LogP contribution in [0.15, 0.2) is 42.5 Å². The van der Waals surface area contributed by atoms with Crippen molar-refractivity contribution in [1.82, 2.24) is 10.2 Å². The molecule has 0 saturated carbocycles. The smallest absolute Gasteiger partial charge is 0.255 e. The Morgan fingerprint density at radius 2 is 1.71 bits per heavy atom. The molecule has 0 unspecified atom stereocenters. The molecule has 1 amide bonds. The number of hydrogen-bond acceptors (Lipinski definition) is 4. The van der Waals surface area contributed by atoms with Crippen LogP contribution in [-0.4, -0.2) is 38.1 Å². The van der Waals surface area contributed by atoms with Gasteiger partial charge in [0.15, 0.2) is 11.5 Å². The third kappa shape index (κ3) is 5.04. The highest BCUT2D eigenvalue weighted by atomic mass is 16.5. The Morgan fingerprint density at radius 3 is 2.36 bits per heavy atom. The molecular weight excluding hydrogens is 352 g/mol. The lowest BCUT2D eigenvalue weighted by molar-refractivity contribution is 0.0947. The maximum absolute atomic E-state index is 12.6. The number of piperidine rings is 1. The molecule has 3 rings (SSSR count). The van der Waals surface area contributed by atoms with Crippen LogP contribution in [0.4, 0.5) is 0 Å². The lowest BCUT2D eigenvalue weighted by Crippen LogP contribution is -2.32. The molecule has 0 aromatic heterocycles. The summed E-state index contributed by atoms with van der Waals surface area (Å²) in [7, 11) is 3.10. The Labute approximate surface area is 167 Å². The molecule has 28 heavy (non-hydrogen) atoms. The minimum absolute atomic E-state index is 0.178. The molecule has 5 nitrogen and oxygen atoms in total. The number of rotatable bonds is 7. The Hall–Kier alpha value is -2.53. The second-order valence-corrected chi connectivity index (χ2v) is 7.50. The van der Waals surface area contributed by atoms with Gasteiger partial charge in [-0.1, -0.05) is 37.3 Å². The summed E-state index contributed by atoms with van der Waals surface area (Å²) in [5.74, 6) is 1.67. The molecule has 2 aromatic carbocycles. The number of nitrogens with zero attached hydrogens (tertiary/aromatic N) is 1. The monoisotopic (exact) mass is 382 g/mol. The zero-order valence-corrected chi connectivity index (χ0v) is 17.0. The molecule has 1 heterocycles. The topological polar surface area (TPSA) is 50.8 Å². The first-order valence-electron chi connectivity index (χ1n) is 9.90. The fourth-order valence-corrected chi connectivity index (χ4v) is 3.58. The van der Waals surface area contributed by atoms with Crippen LogP contribution in [0.1, 0.15) is 41.3 Å². The van der Waals surface area contributed by atoms with Crippen molar-refractivity contribution < 1.29 is 14.3 Å². The van der Waals surface area contributed by atoms with E-state index in [1.807, 2.05) is 0 Å². The minimum Gasteiger partial charge on any atom is -0.493 e. The molecule has 0 atom stereocenters. The van der Waals surface area contributed by atoms with Gasteiger partial charge in [0.05, 0.1) is 19.8 Å². The summed E-state index contributed by atoms with van der Waals surface area (Å²) in [5.41, 5.74) is 2.86. The number of amides is 1. The van der Waals surface area contributed by atoms with E-state index in [1.54, 1.807) is 25.3 Å². The van der Waals surface area contributed by atoms with E-state index in [2.05, 4.69) is 41.4 Å². The summed E-state index contributed by atoms with van der Waals surface area (Å²) in [6.07, 6.45) is 2.58. The largest absolute Gasteiger partial charge is 0.493 e. The van der Waals surface area contributed by atoms with Crippen LogP contribution in [0.3, 0.4) is 0 Å². The number of benzene rings is 2. The van der Waals surface area contributed by atoms with Gasteiger partial charge in [0.2, 0.25) is 0 Å². The molecule has 150 valence electrons. The van der Waals surface area contributed by atoms with Crippen LogP contribution in [0, 0.1) is 5.92 Å². The predicted molar refractivity (Wildman–Crippen MR) is 111 cm³/mol. The number of ether oxygens (including phenoxy) is 2. The number of carbonyl (C=O) groups excluding carboxylic acids is 1. The lowest BCUT2D eigenvalue weighted by atomic mass is 9.99. The average molecular weight is 383 g/mol. The number of hydrogen-bond donors (Lipinski definition) is 1. The second-order valence-electron chi connectivity index (χ2n) is 7.50. The van der Waals surface area contributed by atoms with Gasteiger partial charge in [-0.25, -0.2) is 0 Å². The highest BCUT2D eigenvalue weighted by Crippen LogP contribution is 2.30. The van der Waals surface area contributed by atoms with E-state index in [0.717, 1.165) is 18.0 Å². The van der Waals surface area contributed by atoms with Gasteiger partial charge < -0.3 is 14.8 Å². The molecule has 0 bridgehead atoms. The molecule has 1 aliphatic heterocycles. The molecule has 2 aromatic rings. The van der Waals surface area contributed by atoms with Crippen molar-refractivity contribution in [3.05, 3.63) is 59.2 Å². The third-order valence-corrected chi connectivity index (χ3v) is 5.41. The summed E-state index contributed by atoms with van der Waals surface area (Å²) in [6, 6.07) is 13.8. The summed E-state index contributed by atoms with van der Waals surface area (Å²) in [4.78, 5) is 15.1. The SMILES string of the molecule is COc1cccc(C(=O)NCc2ccc(CN3CCC(C)CC3)cc2)c1OC. The first kappa shape index (κ1) is 20.2. The van der Waals surface area contributed by atoms with Gasteiger partial charge in [0.25, 0.3) is 5.91 Å². The van der Waals surface area contributed by atoms with E-state index in [1.165, 1.54) is 38.6 Å². The normalized spacial score (nSPS) is 15.2. The highest BCUT2D eigenvalue weighted by molar-refractivity contribution is 5.97. The number of carbonyl (C=O) groups is 1. The summed E-state index contributed by atoms with van der Waals surface area (Å²) < 4.78 is 10.6. The van der Waals surface area contributed by atoms with Crippen molar-refractivity contribution in [2.24, 2.45) is 5.92 Å². The maximum atomic E-state index is 12.6. The molecule has 1 saturated heterocycles. The van der Waals surface area contributed by atoms with Crippen molar-refractivity contribution in [2.75, 3.05) is 27.3 Å². The molecular formula is C23H30N2O3. The van der Waals surface area contributed by atoms with Gasteiger partial charge >= 0.3 is 0 Å². The lowest BCUT2D eigenvalue weighted by Gasteiger charge is -2.30. The quantitative estimate of drug-likeness (QED) is 0.790. The number of likely N-dealkylation sites (tertiary alicyclic amines) is 1. The van der Waals surface area contributed by atoms with E-state index in [9.17, 15) is 4.79 Å². The Balaban J connectivity index is 1.56. The van der Waals surface area contributed by atoms with Crippen LogP contribution in [0.25, 0.3) is 0 Å². The van der Waals surface area contributed by atoms with Crippen LogP contribution >= 0.6 is 0 Å². The van der Waals surface area contributed by atoms with Crippen molar-refractivity contribution in [1.29, 1.82) is 0 Å². The average Bonchev–Trinajstić information content (AvgIpc) is 2.74. The van der Waals surface area contributed by atoms with Gasteiger partial charge in [-0.2, -0.15) is 0 Å². The number of nitrogens with one attached hydrogen (secondary N) is 1. The van der Waals surface area contributed by atoms with Gasteiger partial charge in [-0.15, -0.1) is 0 Å². The first-order valence-corrected chi connectivity index (χ1v) is 9.90. The fraction of sp³-hybridized carbons (Fsp3) is 0.435. The first-order chi connectivity index (χ1) is 13.6. The Morgan fingerprint density at radius 1 is 1.04 bits per heavy atom. The molecule has 0 radical (unpaired) electrons. The molecule has 1 aliphatic rings. The summed E-state index contributed by atoms with van der Waals surface area (Å²) in [6.45, 7) is 6.17. The molecule has 1 N–H and O–H groups in total. The minimum atomic E-state index is -0.178. The number of para-hydroxylation sites is 1. The van der Waals surface area contributed by atoms with E-state index in [0.29, 0.717) is 23.6 Å². The van der Waals surface area contributed by atoms with Crippen LogP contribution in [0.2, 0.25) is 0 Å². The highest BCUT2D eigenvalue weighted by Gasteiger charge is 2.17. The maximum Gasteiger partial charge on any atom is 0.255 e. The third-order valence-electron chi connectivity index (χ3n) is 5.41. The van der Waals surface area contributed by atoms with Crippen LogP contribution in [0.5, 0.6) is 11.5 Å². The molecule has 0 spiro atoms. The van der Waals surface area contributed by atoms with Gasteiger partial charge in [0, 0.05) is 13.1 Å². The molecule has 1 fully saturated rings. The zero-order chi connectivity index (χ0) is 19.9. The Kier molecular flexibility index (Phi) is 6.93. The summed E-state index contributed by atoms with van der Waals surface area (Å²) >= 11 is 0.